The van der Waals surface area contributed by atoms with Gasteiger partial charge in [0.05, 0.1) is 0 Å². The van der Waals surface area contributed by atoms with E-state index in [9.17, 15) is 14.3 Å². The largest absolute Gasteiger partial charge is 0.507 e. The first-order chi connectivity index (χ1) is 13.6. The van der Waals surface area contributed by atoms with Crippen molar-refractivity contribution in [2.24, 2.45) is 5.92 Å². The minimum Gasteiger partial charge on any atom is -0.507 e. The van der Waals surface area contributed by atoms with Crippen molar-refractivity contribution in [1.82, 2.24) is 0 Å². The Morgan fingerprint density at radius 3 is 2.61 bits per heavy atom. The van der Waals surface area contributed by atoms with Crippen LogP contribution in [0.4, 0.5) is 4.39 Å². The van der Waals surface area contributed by atoms with Gasteiger partial charge in [0.2, 0.25) is 0 Å². The van der Waals surface area contributed by atoms with Crippen LogP contribution in [0.1, 0.15) is 27.9 Å². The van der Waals surface area contributed by atoms with Crippen LogP contribution < -0.4 is 10.4 Å². The van der Waals surface area contributed by atoms with Crippen molar-refractivity contribution in [1.29, 1.82) is 0 Å². The summed E-state index contributed by atoms with van der Waals surface area (Å²) in [5.41, 5.74) is 4.80. The van der Waals surface area contributed by atoms with Gasteiger partial charge in [0.25, 0.3) is 0 Å². The third-order valence-electron chi connectivity index (χ3n) is 5.86. The second-order valence-corrected chi connectivity index (χ2v) is 7.50. The number of phenolic OH excluding ortho intramolecular Hbond substituents is 1. The maximum atomic E-state index is 13.2. The van der Waals surface area contributed by atoms with Crippen molar-refractivity contribution in [3.8, 4) is 16.9 Å². The fraction of sp³-hybridized carbons (Fsp3) is 0.160. The zero-order chi connectivity index (χ0) is 19.3. The molecule has 28 heavy (non-hydrogen) atoms. The normalized spacial score (nSPS) is 16.8. The quantitative estimate of drug-likeness (QED) is 0.698. The summed E-state index contributed by atoms with van der Waals surface area (Å²) in [6.07, 6.45) is 6.60. The van der Waals surface area contributed by atoms with Crippen molar-refractivity contribution in [2.45, 2.75) is 19.3 Å². The lowest BCUT2D eigenvalue weighted by Gasteiger charge is -2.22. The van der Waals surface area contributed by atoms with E-state index in [0.29, 0.717) is 11.3 Å². The average molecular weight is 370 g/mol. The van der Waals surface area contributed by atoms with Gasteiger partial charge in [-0.05, 0) is 76.7 Å². The Kier molecular flexibility index (Phi) is 3.90. The highest BCUT2D eigenvalue weighted by Gasteiger charge is 2.23. The maximum Gasteiger partial charge on any atom is 0.169 e. The monoisotopic (exact) mass is 370 g/mol. The number of aryl methyl sites for hydroxylation is 1. The molecule has 0 amide bonds. The van der Waals surface area contributed by atoms with E-state index >= 15 is 0 Å². The van der Waals surface area contributed by atoms with Crippen molar-refractivity contribution < 1.29 is 14.3 Å². The molecule has 0 saturated heterocycles. The summed E-state index contributed by atoms with van der Waals surface area (Å²) in [6.45, 7) is 0. The molecule has 0 aromatic heterocycles. The Labute approximate surface area is 162 Å². The predicted octanol–water partition coefficient (Wildman–Crippen LogP) is 3.76. The van der Waals surface area contributed by atoms with Crippen molar-refractivity contribution in [3.63, 3.8) is 0 Å². The predicted molar refractivity (Wildman–Crippen MR) is 108 cm³/mol. The summed E-state index contributed by atoms with van der Waals surface area (Å²) in [5.74, 6) is -0.232. The fourth-order valence-electron chi connectivity index (χ4n) is 4.44. The van der Waals surface area contributed by atoms with Crippen LogP contribution in [0.25, 0.3) is 23.3 Å². The number of hydrogen-bond acceptors (Lipinski definition) is 2. The van der Waals surface area contributed by atoms with Gasteiger partial charge in [0.15, 0.2) is 5.78 Å². The smallest absolute Gasteiger partial charge is 0.169 e. The fourth-order valence-corrected chi connectivity index (χ4v) is 4.44. The van der Waals surface area contributed by atoms with Gasteiger partial charge in [-0.15, -0.1) is 0 Å². The van der Waals surface area contributed by atoms with Gasteiger partial charge in [-0.3, -0.25) is 4.79 Å². The standard InChI is InChI=1S/C25H19FO2/c26-19-10-6-17(7-11-19)25(28)18-5-4-15-8-13-21-20(22(15)14-18)12-9-16-2-1-3-23(27)24(16)21/h1-3,6-8,10-14,18,27H,4-5,9H2. The summed E-state index contributed by atoms with van der Waals surface area (Å²) >= 11 is 0. The first kappa shape index (κ1) is 16.9. The van der Waals surface area contributed by atoms with Crippen LogP contribution in [-0.2, 0) is 12.8 Å². The first-order valence-corrected chi connectivity index (χ1v) is 9.57. The van der Waals surface area contributed by atoms with Crippen molar-refractivity contribution in [3.05, 3.63) is 87.5 Å². The van der Waals surface area contributed by atoms with Crippen LogP contribution in [0.5, 0.6) is 5.75 Å². The average Bonchev–Trinajstić information content (AvgIpc) is 2.73. The van der Waals surface area contributed by atoms with Gasteiger partial charge in [0.1, 0.15) is 11.6 Å². The summed E-state index contributed by atoms with van der Waals surface area (Å²) in [6, 6.07) is 15.6. The molecule has 0 bridgehead atoms. The van der Waals surface area contributed by atoms with E-state index in [2.05, 4.69) is 24.3 Å². The SMILES string of the molecule is O=C(c1ccc(F)cc1)C1C=c2c(ccc3c2=CCc2cccc(O)c2-3)CC1. The molecule has 3 aromatic carbocycles. The lowest BCUT2D eigenvalue weighted by Crippen LogP contribution is -2.37. The molecular weight excluding hydrogens is 351 g/mol. The Morgan fingerprint density at radius 1 is 0.964 bits per heavy atom. The second-order valence-electron chi connectivity index (χ2n) is 7.50. The van der Waals surface area contributed by atoms with Gasteiger partial charge in [-0.2, -0.15) is 0 Å². The third kappa shape index (κ3) is 2.66. The molecule has 2 nitrogen and oxygen atoms in total. The molecule has 2 aliphatic rings. The summed E-state index contributed by atoms with van der Waals surface area (Å²) < 4.78 is 13.2. The number of Topliss-reactive ketones (excluding diaryl/α,β-unsaturated/α-hetero) is 1. The second kappa shape index (κ2) is 6.45. The molecule has 3 heteroatoms. The molecule has 0 saturated carbocycles. The summed E-state index contributed by atoms with van der Waals surface area (Å²) in [4.78, 5) is 12.9. The van der Waals surface area contributed by atoms with Gasteiger partial charge in [-0.25, -0.2) is 4.39 Å². The molecule has 138 valence electrons. The number of carbonyl (C=O) groups is 1. The Morgan fingerprint density at radius 2 is 1.79 bits per heavy atom. The van der Waals surface area contributed by atoms with E-state index in [0.717, 1.165) is 46.4 Å². The Bertz CT molecular complexity index is 1220. The maximum absolute atomic E-state index is 13.2. The lowest BCUT2D eigenvalue weighted by atomic mass is 9.82. The molecule has 1 unspecified atom stereocenters. The molecule has 0 heterocycles. The number of halogens is 1. The molecule has 2 aliphatic carbocycles. The first-order valence-electron chi connectivity index (χ1n) is 9.57. The number of hydrogen-bond donors (Lipinski definition) is 1. The van der Waals surface area contributed by atoms with Crippen LogP contribution in [0.3, 0.4) is 0 Å². The molecule has 3 aromatic rings. The topological polar surface area (TPSA) is 37.3 Å². The molecular formula is C25H19FO2. The van der Waals surface area contributed by atoms with Crippen LogP contribution >= 0.6 is 0 Å². The lowest BCUT2D eigenvalue weighted by molar-refractivity contribution is 0.0946. The van der Waals surface area contributed by atoms with Crippen molar-refractivity contribution in [2.75, 3.05) is 0 Å². The highest BCUT2D eigenvalue weighted by molar-refractivity contribution is 6.01. The molecule has 0 radical (unpaired) electrons. The number of benzene rings is 3. The molecule has 0 spiro atoms. The number of rotatable bonds is 2. The molecule has 5 rings (SSSR count). The third-order valence-corrected chi connectivity index (χ3v) is 5.86. The number of carbonyl (C=O) groups excluding carboxylic acids is 1. The number of phenols is 1. The van der Waals surface area contributed by atoms with E-state index < -0.39 is 0 Å². The van der Waals surface area contributed by atoms with Crippen LogP contribution in [0.2, 0.25) is 0 Å². The Hall–Kier alpha value is -3.20. The molecule has 0 fully saturated rings. The highest BCUT2D eigenvalue weighted by Crippen LogP contribution is 2.33. The van der Waals surface area contributed by atoms with Gasteiger partial charge >= 0.3 is 0 Å². The Balaban J connectivity index is 1.64. The zero-order valence-electron chi connectivity index (χ0n) is 15.3. The van der Waals surface area contributed by atoms with E-state index in [-0.39, 0.29) is 17.5 Å². The van der Waals surface area contributed by atoms with E-state index in [4.69, 9.17) is 0 Å². The van der Waals surface area contributed by atoms with Gasteiger partial charge in [-0.1, -0.05) is 36.4 Å². The zero-order valence-corrected chi connectivity index (χ0v) is 15.3. The number of fused-ring (bicyclic) bond motifs is 5. The molecule has 1 N–H and O–H groups in total. The number of ketones is 1. The highest BCUT2D eigenvalue weighted by atomic mass is 19.1. The van der Waals surface area contributed by atoms with Crippen LogP contribution in [0.15, 0.2) is 54.6 Å². The van der Waals surface area contributed by atoms with Gasteiger partial charge in [0, 0.05) is 17.0 Å². The van der Waals surface area contributed by atoms with E-state index in [1.54, 1.807) is 18.2 Å². The van der Waals surface area contributed by atoms with Crippen molar-refractivity contribution >= 4 is 17.9 Å². The minimum atomic E-state index is -0.336. The van der Waals surface area contributed by atoms with Crippen LogP contribution in [0, 0.1) is 11.7 Å². The summed E-state index contributed by atoms with van der Waals surface area (Å²) in [7, 11) is 0. The molecule has 1 atom stereocenters. The number of aromatic hydroxyl groups is 1. The van der Waals surface area contributed by atoms with Crippen LogP contribution in [-0.4, -0.2) is 10.9 Å². The van der Waals surface area contributed by atoms with E-state index in [1.165, 1.54) is 17.7 Å². The summed E-state index contributed by atoms with van der Waals surface area (Å²) in [5, 5.41) is 12.6. The van der Waals surface area contributed by atoms with Gasteiger partial charge < -0.3 is 5.11 Å². The molecule has 0 aliphatic heterocycles. The van der Waals surface area contributed by atoms with E-state index in [1.807, 2.05) is 12.1 Å². The minimum absolute atomic E-state index is 0.0299.